The van der Waals surface area contributed by atoms with Crippen molar-refractivity contribution in [3.8, 4) is 5.75 Å². The maximum absolute atomic E-state index is 12.3. The van der Waals surface area contributed by atoms with Gasteiger partial charge in [-0.15, -0.1) is 0 Å². The second kappa shape index (κ2) is 8.63. The molecular weight excluding hydrogens is 418 g/mol. The first kappa shape index (κ1) is 21.8. The number of aryl methyl sites for hydroxylation is 2. The number of rotatable bonds is 7. The van der Waals surface area contributed by atoms with Crippen LogP contribution in [0.25, 0.3) is 0 Å². The number of sulfonamides is 1. The zero-order valence-corrected chi connectivity index (χ0v) is 18.8. The largest absolute Gasteiger partial charge is 0.492 e. The number of esters is 1. The Labute approximate surface area is 183 Å². The van der Waals surface area contributed by atoms with Gasteiger partial charge in [0.2, 0.25) is 10.0 Å². The molecule has 1 fully saturated rings. The molecule has 168 valence electrons. The molecular formula is C22H29N3O5S. The summed E-state index contributed by atoms with van der Waals surface area (Å²) in [7, 11) is -0.464. The SMILES string of the molecule is COC(=O)C1CCC2(CCc3ccc(OCCNS(=O)(=O)c4cnn(C)c4)cc32)CC1. The summed E-state index contributed by atoms with van der Waals surface area (Å²) in [6.07, 6.45) is 8.59. The molecule has 1 aromatic heterocycles. The van der Waals surface area contributed by atoms with Gasteiger partial charge in [-0.3, -0.25) is 9.48 Å². The number of ether oxygens (including phenoxy) is 2. The van der Waals surface area contributed by atoms with Crippen molar-refractivity contribution in [3.05, 3.63) is 41.7 Å². The number of nitrogens with one attached hydrogen (secondary N) is 1. The van der Waals surface area contributed by atoms with Crippen LogP contribution in [0.4, 0.5) is 0 Å². The van der Waals surface area contributed by atoms with Gasteiger partial charge >= 0.3 is 5.97 Å². The summed E-state index contributed by atoms with van der Waals surface area (Å²) in [6.45, 7) is 0.399. The molecule has 0 atom stereocenters. The number of methoxy groups -OCH3 is 1. The highest BCUT2D eigenvalue weighted by atomic mass is 32.2. The van der Waals surface area contributed by atoms with E-state index in [1.807, 2.05) is 6.07 Å². The van der Waals surface area contributed by atoms with Crippen LogP contribution in [0.2, 0.25) is 0 Å². The Balaban J connectivity index is 1.36. The van der Waals surface area contributed by atoms with Gasteiger partial charge in [0, 0.05) is 19.8 Å². The van der Waals surface area contributed by atoms with Crippen LogP contribution in [-0.4, -0.2) is 44.4 Å². The number of hydrogen-bond acceptors (Lipinski definition) is 6. The van der Waals surface area contributed by atoms with Crippen molar-refractivity contribution in [1.82, 2.24) is 14.5 Å². The molecule has 9 heteroatoms. The van der Waals surface area contributed by atoms with E-state index in [1.54, 1.807) is 7.05 Å². The van der Waals surface area contributed by atoms with E-state index < -0.39 is 10.0 Å². The van der Waals surface area contributed by atoms with Crippen LogP contribution >= 0.6 is 0 Å². The predicted molar refractivity (Wildman–Crippen MR) is 114 cm³/mol. The van der Waals surface area contributed by atoms with E-state index in [0.717, 1.165) is 44.3 Å². The molecule has 1 aromatic carbocycles. The lowest BCUT2D eigenvalue weighted by Gasteiger charge is -2.37. The van der Waals surface area contributed by atoms with Gasteiger partial charge < -0.3 is 9.47 Å². The number of aromatic nitrogens is 2. The Bertz CT molecular complexity index is 1050. The first-order valence-electron chi connectivity index (χ1n) is 10.7. The number of fused-ring (bicyclic) bond motifs is 2. The molecule has 1 saturated carbocycles. The van der Waals surface area contributed by atoms with Crippen LogP contribution in [-0.2, 0) is 38.4 Å². The minimum absolute atomic E-state index is 0.00643. The van der Waals surface area contributed by atoms with Gasteiger partial charge in [-0.2, -0.15) is 5.10 Å². The summed E-state index contributed by atoms with van der Waals surface area (Å²) < 4.78 is 39.3. The number of hydrogen-bond donors (Lipinski definition) is 1. The van der Waals surface area contributed by atoms with E-state index in [0.29, 0.717) is 0 Å². The normalized spacial score (nSPS) is 23.0. The highest BCUT2D eigenvalue weighted by molar-refractivity contribution is 7.89. The highest BCUT2D eigenvalue weighted by Gasteiger charge is 2.43. The number of carbonyl (C=O) groups is 1. The second-order valence-electron chi connectivity index (χ2n) is 8.49. The van der Waals surface area contributed by atoms with Crippen molar-refractivity contribution < 1.29 is 22.7 Å². The maximum atomic E-state index is 12.3. The van der Waals surface area contributed by atoms with Crippen LogP contribution in [0, 0.1) is 5.92 Å². The van der Waals surface area contributed by atoms with Crippen LogP contribution in [0.5, 0.6) is 5.75 Å². The second-order valence-corrected chi connectivity index (χ2v) is 10.3. The third-order valence-corrected chi connectivity index (χ3v) is 8.07. The molecule has 31 heavy (non-hydrogen) atoms. The first-order valence-corrected chi connectivity index (χ1v) is 12.1. The first-order chi connectivity index (χ1) is 14.8. The topological polar surface area (TPSA) is 99.5 Å². The minimum Gasteiger partial charge on any atom is -0.492 e. The van der Waals surface area contributed by atoms with Crippen molar-refractivity contribution in [1.29, 1.82) is 0 Å². The Morgan fingerprint density at radius 1 is 1.29 bits per heavy atom. The molecule has 2 aromatic rings. The molecule has 0 radical (unpaired) electrons. The third kappa shape index (κ3) is 4.48. The summed E-state index contributed by atoms with van der Waals surface area (Å²) in [6, 6.07) is 6.18. The summed E-state index contributed by atoms with van der Waals surface area (Å²) in [5.41, 5.74) is 2.78. The predicted octanol–water partition coefficient (Wildman–Crippen LogP) is 2.32. The number of benzene rings is 1. The van der Waals surface area contributed by atoms with Crippen molar-refractivity contribution in [3.63, 3.8) is 0 Å². The summed E-state index contributed by atoms with van der Waals surface area (Å²) in [5, 5.41) is 3.89. The van der Waals surface area contributed by atoms with Gasteiger partial charge in [-0.1, -0.05) is 6.07 Å². The van der Waals surface area contributed by atoms with Crippen LogP contribution in [0.1, 0.15) is 43.2 Å². The summed E-state index contributed by atoms with van der Waals surface area (Å²) >= 11 is 0. The number of carbonyl (C=O) groups excluding carboxylic acids is 1. The molecule has 0 saturated heterocycles. The molecule has 0 aliphatic heterocycles. The fraction of sp³-hybridized carbons (Fsp3) is 0.545. The van der Waals surface area contributed by atoms with Gasteiger partial charge in [-0.05, 0) is 67.2 Å². The highest BCUT2D eigenvalue weighted by Crippen LogP contribution is 2.50. The van der Waals surface area contributed by atoms with Crippen molar-refractivity contribution >= 4 is 16.0 Å². The van der Waals surface area contributed by atoms with Crippen molar-refractivity contribution in [2.24, 2.45) is 13.0 Å². The molecule has 0 bridgehead atoms. The Hall–Kier alpha value is -2.39. The molecule has 0 unspecified atom stereocenters. The van der Waals surface area contributed by atoms with Crippen molar-refractivity contribution in [2.75, 3.05) is 20.3 Å². The van der Waals surface area contributed by atoms with Crippen molar-refractivity contribution in [2.45, 2.75) is 48.8 Å². The molecule has 2 aliphatic rings. The van der Waals surface area contributed by atoms with E-state index in [-0.39, 0.29) is 35.3 Å². The molecule has 2 aliphatic carbocycles. The molecule has 1 spiro atoms. The molecule has 1 N–H and O–H groups in total. The lowest BCUT2D eigenvalue weighted by molar-refractivity contribution is -0.147. The van der Waals surface area contributed by atoms with E-state index in [9.17, 15) is 13.2 Å². The van der Waals surface area contributed by atoms with E-state index in [2.05, 4.69) is 22.0 Å². The van der Waals surface area contributed by atoms with E-state index >= 15 is 0 Å². The van der Waals surface area contributed by atoms with E-state index in [1.165, 1.54) is 35.3 Å². The fourth-order valence-electron chi connectivity index (χ4n) is 4.92. The van der Waals surface area contributed by atoms with Crippen LogP contribution < -0.4 is 9.46 Å². The summed E-state index contributed by atoms with van der Waals surface area (Å²) in [5.74, 6) is 0.654. The Morgan fingerprint density at radius 2 is 2.06 bits per heavy atom. The third-order valence-electron chi connectivity index (χ3n) is 6.66. The molecule has 4 rings (SSSR count). The van der Waals surface area contributed by atoms with Gasteiger partial charge in [0.05, 0.1) is 19.2 Å². The Morgan fingerprint density at radius 3 is 2.74 bits per heavy atom. The molecule has 8 nitrogen and oxygen atoms in total. The maximum Gasteiger partial charge on any atom is 0.308 e. The Kier molecular flexibility index (Phi) is 6.07. The standard InChI is InChI=1S/C22H29N3O5S/c1-25-15-19(14-23-25)31(27,28)24-11-12-30-18-4-3-16-5-8-22(20(16)13-18)9-6-17(7-10-22)21(26)29-2/h3-4,13-15,17,24H,5-12H2,1-2H3. The monoisotopic (exact) mass is 447 g/mol. The van der Waals surface area contributed by atoms with Gasteiger partial charge in [0.1, 0.15) is 17.3 Å². The fourth-order valence-corrected chi connectivity index (χ4v) is 5.92. The number of nitrogens with zero attached hydrogens (tertiary/aromatic N) is 2. The average Bonchev–Trinajstić information content (AvgIpc) is 3.36. The smallest absolute Gasteiger partial charge is 0.308 e. The quantitative estimate of drug-likeness (QED) is 0.517. The lowest BCUT2D eigenvalue weighted by atomic mass is 9.67. The zero-order chi connectivity index (χ0) is 22.1. The van der Waals surface area contributed by atoms with Gasteiger partial charge in [-0.25, -0.2) is 13.1 Å². The van der Waals surface area contributed by atoms with Crippen LogP contribution in [0.3, 0.4) is 0 Å². The lowest BCUT2D eigenvalue weighted by Crippen LogP contribution is -2.32. The molecule has 0 amide bonds. The van der Waals surface area contributed by atoms with Crippen LogP contribution in [0.15, 0.2) is 35.5 Å². The molecule has 1 heterocycles. The average molecular weight is 448 g/mol. The summed E-state index contributed by atoms with van der Waals surface area (Å²) in [4.78, 5) is 12.0. The van der Waals surface area contributed by atoms with E-state index in [4.69, 9.17) is 9.47 Å². The zero-order valence-electron chi connectivity index (χ0n) is 18.0. The van der Waals surface area contributed by atoms with Gasteiger partial charge in [0.25, 0.3) is 0 Å². The van der Waals surface area contributed by atoms with Gasteiger partial charge in [0.15, 0.2) is 0 Å². The minimum atomic E-state index is -3.59.